The van der Waals surface area contributed by atoms with Gasteiger partial charge in [0.1, 0.15) is 11.5 Å². The molecule has 0 aliphatic carbocycles. The third kappa shape index (κ3) is 7.57. The number of halogens is 4. The fraction of sp³-hybridized carbons (Fsp3) is 0.250. The quantitative estimate of drug-likeness (QED) is 0.180. The molecule has 0 aliphatic rings. The zero-order valence-corrected chi connectivity index (χ0v) is 17.6. The number of carbonyl (C=O) groups is 1. The molecule has 2 aromatic carbocycles. The third-order valence-corrected chi connectivity index (χ3v) is 4.93. The zero-order valence-electron chi connectivity index (χ0n) is 16.0. The summed E-state index contributed by atoms with van der Waals surface area (Å²) >= 11 is 6.84. The van der Waals surface area contributed by atoms with Crippen molar-refractivity contribution < 1.29 is 32.4 Å². The van der Waals surface area contributed by atoms with E-state index >= 15 is 0 Å². The second-order valence-corrected chi connectivity index (χ2v) is 7.61. The highest BCUT2D eigenvalue weighted by Gasteiger charge is 2.31. The molecule has 0 N–H and O–H groups in total. The predicted octanol–water partition coefficient (Wildman–Crippen LogP) is 6.06. The molecule has 0 atom stereocenters. The average molecular weight is 476 g/mol. The number of rotatable bonds is 10. The van der Waals surface area contributed by atoms with Gasteiger partial charge in [-0.15, -0.1) is 6.58 Å². The number of hydrogen-bond acceptors (Lipinski definition) is 6. The summed E-state index contributed by atoms with van der Waals surface area (Å²) in [6, 6.07) is 6.30. The SMILES string of the molecule is C=CCOCCSC(=O)Cc1cc(Oc2ccc(C(F)(F)F)cc2Cl)ccc1[N+](=O)[O-]. The normalized spacial score (nSPS) is 11.2. The van der Waals surface area contributed by atoms with Crippen molar-refractivity contribution in [3.8, 4) is 11.5 Å². The maximum atomic E-state index is 12.8. The smallest absolute Gasteiger partial charge is 0.416 e. The monoisotopic (exact) mass is 475 g/mol. The minimum absolute atomic E-state index is 0.0606. The Balaban J connectivity index is 2.15. The van der Waals surface area contributed by atoms with Crippen LogP contribution in [-0.2, 0) is 22.1 Å². The number of benzene rings is 2. The van der Waals surface area contributed by atoms with Crippen LogP contribution >= 0.6 is 23.4 Å². The van der Waals surface area contributed by atoms with Crippen molar-refractivity contribution in [2.45, 2.75) is 12.6 Å². The minimum Gasteiger partial charge on any atom is -0.456 e. The van der Waals surface area contributed by atoms with Crippen LogP contribution in [0.15, 0.2) is 49.1 Å². The van der Waals surface area contributed by atoms with Crippen molar-refractivity contribution in [2.75, 3.05) is 19.0 Å². The van der Waals surface area contributed by atoms with E-state index < -0.39 is 16.7 Å². The standard InChI is InChI=1S/C20H17ClF3NO5S/c1-2-7-29-8-9-31-19(26)11-13-10-15(4-5-17(13)25(27)28)30-18-6-3-14(12-16(18)21)20(22,23)24/h2-6,10,12H,1,7-9,11H2. The molecule has 0 amide bonds. The highest BCUT2D eigenvalue weighted by Crippen LogP contribution is 2.37. The lowest BCUT2D eigenvalue weighted by atomic mass is 10.1. The van der Waals surface area contributed by atoms with E-state index in [0.717, 1.165) is 36.0 Å². The van der Waals surface area contributed by atoms with Gasteiger partial charge in [0, 0.05) is 23.8 Å². The molecule has 0 bridgehead atoms. The van der Waals surface area contributed by atoms with Crippen LogP contribution < -0.4 is 4.74 Å². The largest absolute Gasteiger partial charge is 0.456 e. The molecule has 2 rings (SSSR count). The number of nitrogens with zero attached hydrogens (tertiary/aromatic N) is 1. The van der Waals surface area contributed by atoms with Crippen LogP contribution in [0.4, 0.5) is 18.9 Å². The molecule has 6 nitrogen and oxygen atoms in total. The Hall–Kier alpha value is -2.56. The first-order valence-corrected chi connectivity index (χ1v) is 10.1. The summed E-state index contributed by atoms with van der Waals surface area (Å²) in [5, 5.41) is 10.7. The van der Waals surface area contributed by atoms with Gasteiger partial charge in [-0.3, -0.25) is 14.9 Å². The van der Waals surface area contributed by atoms with E-state index in [0.29, 0.717) is 19.0 Å². The van der Waals surface area contributed by atoms with E-state index in [2.05, 4.69) is 6.58 Å². The second kappa shape index (κ2) is 11.2. The molecule has 0 saturated carbocycles. The van der Waals surface area contributed by atoms with E-state index in [4.69, 9.17) is 21.1 Å². The molecular formula is C20H17ClF3NO5S. The fourth-order valence-electron chi connectivity index (χ4n) is 2.42. The minimum atomic E-state index is -4.56. The highest BCUT2D eigenvalue weighted by molar-refractivity contribution is 8.13. The van der Waals surface area contributed by atoms with E-state index in [1.807, 2.05) is 0 Å². The van der Waals surface area contributed by atoms with Crippen LogP contribution in [0.1, 0.15) is 11.1 Å². The first-order chi connectivity index (χ1) is 14.6. The second-order valence-electron chi connectivity index (χ2n) is 6.05. The van der Waals surface area contributed by atoms with E-state index in [-0.39, 0.29) is 39.3 Å². The van der Waals surface area contributed by atoms with Gasteiger partial charge in [-0.05, 0) is 30.3 Å². The summed E-state index contributed by atoms with van der Waals surface area (Å²) in [6.07, 6.45) is -3.22. The Labute approximate surface area is 185 Å². The van der Waals surface area contributed by atoms with Crippen molar-refractivity contribution in [1.82, 2.24) is 0 Å². The van der Waals surface area contributed by atoms with E-state index in [1.54, 1.807) is 6.08 Å². The summed E-state index contributed by atoms with van der Waals surface area (Å²) in [4.78, 5) is 22.8. The van der Waals surface area contributed by atoms with Gasteiger partial charge >= 0.3 is 6.18 Å². The molecule has 0 saturated heterocycles. The zero-order chi connectivity index (χ0) is 23.0. The van der Waals surface area contributed by atoms with Gasteiger partial charge in [-0.2, -0.15) is 13.2 Å². The van der Waals surface area contributed by atoms with Crippen LogP contribution in [0.25, 0.3) is 0 Å². The highest BCUT2D eigenvalue weighted by atomic mass is 35.5. The van der Waals surface area contributed by atoms with Crippen LogP contribution in [0, 0.1) is 10.1 Å². The van der Waals surface area contributed by atoms with Crippen molar-refractivity contribution in [1.29, 1.82) is 0 Å². The van der Waals surface area contributed by atoms with Gasteiger partial charge in [0.25, 0.3) is 5.69 Å². The average Bonchev–Trinajstić information content (AvgIpc) is 2.68. The molecule has 0 heterocycles. The Morgan fingerprint density at radius 1 is 1.26 bits per heavy atom. The molecule has 0 aliphatic heterocycles. The molecule has 0 spiro atoms. The fourth-order valence-corrected chi connectivity index (χ4v) is 3.33. The van der Waals surface area contributed by atoms with Crippen LogP contribution in [0.5, 0.6) is 11.5 Å². The molecule has 0 radical (unpaired) electrons. The predicted molar refractivity (Wildman–Crippen MR) is 112 cm³/mol. The maximum absolute atomic E-state index is 12.8. The summed E-state index contributed by atoms with van der Waals surface area (Å²) in [7, 11) is 0. The van der Waals surface area contributed by atoms with E-state index in [9.17, 15) is 28.1 Å². The van der Waals surface area contributed by atoms with Crippen molar-refractivity contribution in [2.24, 2.45) is 0 Å². The molecule has 11 heteroatoms. The van der Waals surface area contributed by atoms with Crippen molar-refractivity contribution in [3.05, 3.63) is 75.3 Å². The lowest BCUT2D eigenvalue weighted by Crippen LogP contribution is -2.06. The maximum Gasteiger partial charge on any atom is 0.416 e. The van der Waals surface area contributed by atoms with Gasteiger partial charge in [0.2, 0.25) is 0 Å². The number of nitro benzene ring substituents is 1. The number of carbonyl (C=O) groups excluding carboxylic acids is 1. The van der Waals surface area contributed by atoms with Gasteiger partial charge < -0.3 is 9.47 Å². The molecule has 0 aromatic heterocycles. The van der Waals surface area contributed by atoms with Crippen LogP contribution in [-0.4, -0.2) is 29.0 Å². The van der Waals surface area contributed by atoms with Gasteiger partial charge in [-0.1, -0.05) is 29.4 Å². The Morgan fingerprint density at radius 3 is 2.61 bits per heavy atom. The van der Waals surface area contributed by atoms with E-state index in [1.165, 1.54) is 12.1 Å². The number of alkyl halides is 3. The van der Waals surface area contributed by atoms with Crippen LogP contribution in [0.2, 0.25) is 5.02 Å². The Morgan fingerprint density at radius 2 is 2.00 bits per heavy atom. The lowest BCUT2D eigenvalue weighted by molar-refractivity contribution is -0.385. The summed E-state index contributed by atoms with van der Waals surface area (Å²) in [5.74, 6) is 0.404. The van der Waals surface area contributed by atoms with Crippen molar-refractivity contribution in [3.63, 3.8) is 0 Å². The molecule has 166 valence electrons. The number of ether oxygens (including phenoxy) is 2. The van der Waals surface area contributed by atoms with Gasteiger partial charge in [0.15, 0.2) is 5.12 Å². The molecule has 31 heavy (non-hydrogen) atoms. The van der Waals surface area contributed by atoms with Gasteiger partial charge in [-0.25, -0.2) is 0 Å². The first kappa shape index (κ1) is 24.7. The number of hydrogen-bond donors (Lipinski definition) is 0. The van der Waals surface area contributed by atoms with Crippen molar-refractivity contribution >= 4 is 34.2 Å². The summed E-state index contributed by atoms with van der Waals surface area (Å²) in [5.41, 5.74) is -1.10. The number of nitro groups is 1. The molecule has 0 fully saturated rings. The Kier molecular flexibility index (Phi) is 8.90. The molecule has 0 unspecified atom stereocenters. The molecule has 2 aromatic rings. The third-order valence-electron chi connectivity index (χ3n) is 3.80. The topological polar surface area (TPSA) is 78.7 Å². The van der Waals surface area contributed by atoms with Crippen LogP contribution in [0.3, 0.4) is 0 Å². The van der Waals surface area contributed by atoms with Gasteiger partial charge in [0.05, 0.1) is 28.7 Å². The number of thioether (sulfide) groups is 1. The first-order valence-electron chi connectivity index (χ1n) is 8.78. The Bertz CT molecular complexity index is 968. The summed E-state index contributed by atoms with van der Waals surface area (Å²) < 4.78 is 48.9. The molecular weight excluding hydrogens is 459 g/mol. The summed E-state index contributed by atoms with van der Waals surface area (Å²) in [6.45, 7) is 4.17. The lowest BCUT2D eigenvalue weighted by Gasteiger charge is -2.12.